The highest BCUT2D eigenvalue weighted by Gasteiger charge is 2.26. The van der Waals surface area contributed by atoms with Crippen molar-refractivity contribution in [3.63, 3.8) is 0 Å². The molecular weight excluding hydrogens is 398 g/mol. The van der Waals surface area contributed by atoms with Crippen LogP contribution in [-0.2, 0) is 4.79 Å². The van der Waals surface area contributed by atoms with E-state index in [1.54, 1.807) is 31.4 Å². The first-order valence-corrected chi connectivity index (χ1v) is 10.2. The van der Waals surface area contributed by atoms with Crippen molar-refractivity contribution < 1.29 is 19.1 Å². The number of carbonyl (C=O) groups is 3. The van der Waals surface area contributed by atoms with Gasteiger partial charge in [0.25, 0.3) is 11.8 Å². The fraction of sp³-hybridized carbons (Fsp3) is 0.409. The van der Waals surface area contributed by atoms with E-state index in [1.807, 2.05) is 18.7 Å². The molecule has 2 N–H and O–H groups in total. The summed E-state index contributed by atoms with van der Waals surface area (Å²) < 4.78 is 5.09. The Morgan fingerprint density at radius 2 is 1.68 bits per heavy atom. The molecule has 9 heteroatoms. The molecule has 0 atom stereocenters. The Balaban J connectivity index is 1.62. The largest absolute Gasteiger partial charge is 0.497 e. The summed E-state index contributed by atoms with van der Waals surface area (Å²) in [5.74, 6) is -0.000171. The summed E-state index contributed by atoms with van der Waals surface area (Å²) in [6.45, 7) is 4.96. The average molecular weight is 425 g/mol. The average Bonchev–Trinajstić information content (AvgIpc) is 2.79. The first-order chi connectivity index (χ1) is 14.9. The van der Waals surface area contributed by atoms with Crippen molar-refractivity contribution in [1.82, 2.24) is 20.2 Å². The van der Waals surface area contributed by atoms with E-state index in [1.165, 1.54) is 12.4 Å². The van der Waals surface area contributed by atoms with E-state index in [9.17, 15) is 14.4 Å². The zero-order chi connectivity index (χ0) is 22.4. The van der Waals surface area contributed by atoms with Crippen molar-refractivity contribution in [3.05, 3.63) is 47.9 Å². The number of benzene rings is 1. The Labute approximate surface area is 181 Å². The molecule has 1 aromatic heterocycles. The summed E-state index contributed by atoms with van der Waals surface area (Å²) in [5.41, 5.74) is 0.449. The first kappa shape index (κ1) is 22.2. The fourth-order valence-electron chi connectivity index (χ4n) is 3.38. The van der Waals surface area contributed by atoms with Crippen molar-refractivity contribution in [1.29, 1.82) is 0 Å². The molecule has 0 radical (unpaired) electrons. The number of carbonyl (C=O) groups excluding carboxylic acids is 3. The summed E-state index contributed by atoms with van der Waals surface area (Å²) in [6.07, 6.45) is 4.15. The molecule has 0 spiro atoms. The minimum Gasteiger partial charge on any atom is -0.497 e. The Morgan fingerprint density at radius 3 is 2.29 bits per heavy atom. The van der Waals surface area contributed by atoms with Crippen LogP contribution in [0.4, 0.5) is 5.82 Å². The van der Waals surface area contributed by atoms with Gasteiger partial charge in [0, 0.05) is 43.0 Å². The molecule has 0 bridgehead atoms. The van der Waals surface area contributed by atoms with Crippen LogP contribution in [0.2, 0.25) is 0 Å². The monoisotopic (exact) mass is 425 g/mol. The molecule has 2 aromatic rings. The van der Waals surface area contributed by atoms with Crippen LogP contribution in [-0.4, -0.2) is 58.8 Å². The maximum atomic E-state index is 12.8. The van der Waals surface area contributed by atoms with Gasteiger partial charge in [0.2, 0.25) is 5.91 Å². The van der Waals surface area contributed by atoms with Crippen LogP contribution in [0.5, 0.6) is 5.75 Å². The van der Waals surface area contributed by atoms with Crippen LogP contribution in [0.15, 0.2) is 36.7 Å². The van der Waals surface area contributed by atoms with Gasteiger partial charge in [-0.15, -0.1) is 0 Å². The van der Waals surface area contributed by atoms with Crippen molar-refractivity contribution >= 4 is 23.5 Å². The second kappa shape index (κ2) is 10.0. The Kier molecular flexibility index (Phi) is 7.17. The van der Waals surface area contributed by atoms with Gasteiger partial charge in [0.1, 0.15) is 5.75 Å². The lowest BCUT2D eigenvalue weighted by Gasteiger charge is -2.33. The van der Waals surface area contributed by atoms with Crippen molar-refractivity contribution in [3.8, 4) is 5.75 Å². The zero-order valence-corrected chi connectivity index (χ0v) is 17.9. The number of ether oxygens (including phenoxy) is 1. The van der Waals surface area contributed by atoms with Crippen molar-refractivity contribution in [2.24, 2.45) is 5.92 Å². The molecule has 0 saturated carbocycles. The molecule has 1 fully saturated rings. The van der Waals surface area contributed by atoms with Gasteiger partial charge in [-0.25, -0.2) is 9.97 Å². The highest BCUT2D eigenvalue weighted by atomic mass is 16.5. The maximum Gasteiger partial charge on any atom is 0.273 e. The van der Waals surface area contributed by atoms with Gasteiger partial charge >= 0.3 is 0 Å². The molecule has 1 saturated heterocycles. The number of anilines is 1. The molecule has 31 heavy (non-hydrogen) atoms. The van der Waals surface area contributed by atoms with Crippen LogP contribution >= 0.6 is 0 Å². The number of amides is 3. The molecule has 1 aliphatic heterocycles. The molecule has 9 nitrogen and oxygen atoms in total. The number of rotatable bonds is 6. The Bertz CT molecular complexity index is 937. The number of methoxy groups -OCH3 is 1. The maximum absolute atomic E-state index is 12.8. The van der Waals surface area contributed by atoms with Gasteiger partial charge in [0.15, 0.2) is 11.5 Å². The third-order valence-electron chi connectivity index (χ3n) is 5.13. The Morgan fingerprint density at radius 1 is 1.03 bits per heavy atom. The molecule has 1 aromatic carbocycles. The summed E-state index contributed by atoms with van der Waals surface area (Å²) >= 11 is 0. The second-order valence-corrected chi connectivity index (χ2v) is 7.66. The minimum absolute atomic E-state index is 0.0393. The van der Waals surface area contributed by atoms with E-state index in [0.717, 1.165) is 0 Å². The van der Waals surface area contributed by atoms with Crippen molar-refractivity contribution in [2.45, 2.75) is 32.7 Å². The van der Waals surface area contributed by atoms with Crippen LogP contribution in [0.1, 0.15) is 47.5 Å². The third-order valence-corrected chi connectivity index (χ3v) is 5.13. The van der Waals surface area contributed by atoms with Crippen LogP contribution in [0.25, 0.3) is 0 Å². The number of nitrogens with zero attached hydrogens (tertiary/aromatic N) is 3. The molecule has 0 unspecified atom stereocenters. The van der Waals surface area contributed by atoms with Crippen LogP contribution < -0.4 is 15.4 Å². The van der Waals surface area contributed by atoms with E-state index in [-0.39, 0.29) is 29.4 Å². The lowest BCUT2D eigenvalue weighted by Crippen LogP contribution is -2.47. The highest BCUT2D eigenvalue weighted by molar-refractivity contribution is 6.07. The predicted molar refractivity (Wildman–Crippen MR) is 115 cm³/mol. The summed E-state index contributed by atoms with van der Waals surface area (Å²) in [6, 6.07) is 6.52. The normalized spacial score (nSPS) is 14.3. The predicted octanol–water partition coefficient (Wildman–Crippen LogP) is 2.11. The van der Waals surface area contributed by atoms with Crippen LogP contribution in [0.3, 0.4) is 0 Å². The number of hydrogen-bond donors (Lipinski definition) is 2. The molecule has 1 aliphatic rings. The van der Waals surface area contributed by atoms with Crippen LogP contribution in [0, 0.1) is 5.92 Å². The smallest absolute Gasteiger partial charge is 0.273 e. The van der Waals surface area contributed by atoms with Crippen molar-refractivity contribution in [2.75, 3.05) is 25.5 Å². The molecule has 3 rings (SSSR count). The standard InChI is InChI=1S/C22H27N5O4/c1-14(2)22(30)27-12-8-16(9-13-27)25-21(29)18-19(24-11-10-23-18)26-20(28)15-4-6-17(31-3)7-5-15/h4-7,10-11,14,16H,8-9,12-13H2,1-3H3,(H,25,29)(H,24,26,28). The van der Waals surface area contributed by atoms with Gasteiger partial charge in [-0.1, -0.05) is 13.8 Å². The second-order valence-electron chi connectivity index (χ2n) is 7.66. The molecule has 3 amide bonds. The number of likely N-dealkylation sites (tertiary alicyclic amines) is 1. The lowest BCUT2D eigenvalue weighted by atomic mass is 10.0. The van der Waals surface area contributed by atoms with E-state index in [2.05, 4.69) is 20.6 Å². The molecule has 0 aliphatic carbocycles. The third kappa shape index (κ3) is 5.56. The molecule has 164 valence electrons. The molecular formula is C22H27N5O4. The quantitative estimate of drug-likeness (QED) is 0.733. The summed E-state index contributed by atoms with van der Waals surface area (Å²) in [5, 5.41) is 5.59. The number of aromatic nitrogens is 2. The van der Waals surface area contributed by atoms with Gasteiger partial charge < -0.3 is 20.3 Å². The number of nitrogens with one attached hydrogen (secondary N) is 2. The van der Waals surface area contributed by atoms with E-state index in [0.29, 0.717) is 37.2 Å². The van der Waals surface area contributed by atoms with E-state index < -0.39 is 11.8 Å². The first-order valence-electron chi connectivity index (χ1n) is 10.2. The zero-order valence-electron chi connectivity index (χ0n) is 17.9. The van der Waals surface area contributed by atoms with Gasteiger partial charge in [-0.2, -0.15) is 0 Å². The van der Waals surface area contributed by atoms with Gasteiger partial charge in [0.05, 0.1) is 7.11 Å². The summed E-state index contributed by atoms with van der Waals surface area (Å²) in [4.78, 5) is 47.5. The highest BCUT2D eigenvalue weighted by Crippen LogP contribution is 2.17. The molecule has 2 heterocycles. The van der Waals surface area contributed by atoms with E-state index in [4.69, 9.17) is 4.74 Å². The van der Waals surface area contributed by atoms with Gasteiger partial charge in [-0.3, -0.25) is 14.4 Å². The lowest BCUT2D eigenvalue weighted by molar-refractivity contribution is -0.135. The number of hydrogen-bond acceptors (Lipinski definition) is 6. The van der Waals surface area contributed by atoms with E-state index >= 15 is 0 Å². The summed E-state index contributed by atoms with van der Waals surface area (Å²) in [7, 11) is 1.55. The number of piperidine rings is 1. The fourth-order valence-corrected chi connectivity index (χ4v) is 3.38. The minimum atomic E-state index is -0.410. The topological polar surface area (TPSA) is 114 Å². The Hall–Kier alpha value is -3.49. The van der Waals surface area contributed by atoms with Gasteiger partial charge in [-0.05, 0) is 37.1 Å². The SMILES string of the molecule is COc1ccc(C(=O)Nc2nccnc2C(=O)NC2CCN(C(=O)C(C)C)CC2)cc1.